The quantitative estimate of drug-likeness (QED) is 0.590. The number of halogens is 1. The minimum absolute atomic E-state index is 0.0344. The summed E-state index contributed by atoms with van der Waals surface area (Å²) in [6, 6.07) is 5.60. The second kappa shape index (κ2) is 8.12. The van der Waals surface area contributed by atoms with Crippen LogP contribution in [-0.4, -0.2) is 41.2 Å². The molecule has 1 aromatic rings. The van der Waals surface area contributed by atoms with Gasteiger partial charge in [0.15, 0.2) is 11.6 Å². The Hall–Kier alpha value is -2.41. The standard InChI is InChI=1S/C26H30BrNO5/c1-25(2)9-16-23(18(29)11-25)22(15-8-14(27)6-7-20(15)33-5)24-17(28(16)13-21(31)32)10-26(3,4)12-19(24)30/h6-8,22H,9-13H2,1-5H3,(H,31,32). The van der Waals surface area contributed by atoms with Gasteiger partial charge >= 0.3 is 5.97 Å². The molecule has 0 radical (unpaired) electrons. The molecule has 0 spiro atoms. The van der Waals surface area contributed by atoms with Crippen molar-refractivity contribution in [3.63, 3.8) is 0 Å². The van der Waals surface area contributed by atoms with Crippen LogP contribution >= 0.6 is 15.9 Å². The van der Waals surface area contributed by atoms with Crippen LogP contribution in [0.1, 0.15) is 64.9 Å². The number of nitrogens with zero attached hydrogens (tertiary/aromatic N) is 1. The third-order valence-corrected chi connectivity index (χ3v) is 7.31. The summed E-state index contributed by atoms with van der Waals surface area (Å²) in [4.78, 5) is 40.9. The van der Waals surface area contributed by atoms with E-state index in [1.807, 2.05) is 45.9 Å². The van der Waals surface area contributed by atoms with Crippen molar-refractivity contribution in [1.82, 2.24) is 4.90 Å². The van der Waals surface area contributed by atoms with E-state index in [-0.39, 0.29) is 28.9 Å². The van der Waals surface area contributed by atoms with Crippen LogP contribution in [0.2, 0.25) is 0 Å². The summed E-state index contributed by atoms with van der Waals surface area (Å²) in [7, 11) is 1.58. The van der Waals surface area contributed by atoms with Crippen molar-refractivity contribution in [2.24, 2.45) is 10.8 Å². The van der Waals surface area contributed by atoms with E-state index < -0.39 is 11.9 Å². The van der Waals surface area contributed by atoms with Crippen LogP contribution in [0, 0.1) is 10.8 Å². The highest BCUT2D eigenvalue weighted by molar-refractivity contribution is 9.10. The van der Waals surface area contributed by atoms with Crippen LogP contribution in [-0.2, 0) is 14.4 Å². The number of ether oxygens (including phenoxy) is 1. The van der Waals surface area contributed by atoms with Gasteiger partial charge in [0.25, 0.3) is 0 Å². The van der Waals surface area contributed by atoms with Crippen molar-refractivity contribution in [3.05, 3.63) is 50.8 Å². The summed E-state index contributed by atoms with van der Waals surface area (Å²) < 4.78 is 6.48. The van der Waals surface area contributed by atoms with Gasteiger partial charge in [0.1, 0.15) is 12.3 Å². The Kier molecular flexibility index (Phi) is 5.84. The van der Waals surface area contributed by atoms with Gasteiger partial charge in [-0.25, -0.2) is 0 Å². The van der Waals surface area contributed by atoms with Crippen molar-refractivity contribution in [2.45, 2.75) is 59.3 Å². The zero-order chi connectivity index (χ0) is 24.3. The normalized spacial score (nSPS) is 22.3. The molecule has 0 saturated carbocycles. The summed E-state index contributed by atoms with van der Waals surface area (Å²) in [5, 5.41) is 9.76. The number of aliphatic carboxylic acids is 1. The molecule has 1 aliphatic heterocycles. The first-order chi connectivity index (χ1) is 15.3. The minimum atomic E-state index is -0.987. The average molecular weight is 516 g/mol. The molecule has 1 heterocycles. The molecule has 0 bridgehead atoms. The fraction of sp³-hybridized carbons (Fsp3) is 0.500. The van der Waals surface area contributed by atoms with Gasteiger partial charge in [-0.1, -0.05) is 43.6 Å². The van der Waals surface area contributed by atoms with Gasteiger partial charge in [-0.15, -0.1) is 0 Å². The van der Waals surface area contributed by atoms with Gasteiger partial charge < -0.3 is 14.7 Å². The first kappa shape index (κ1) is 23.7. The van der Waals surface area contributed by atoms with Crippen LogP contribution in [0.15, 0.2) is 45.2 Å². The zero-order valence-corrected chi connectivity index (χ0v) is 21.3. The van der Waals surface area contributed by atoms with Crippen LogP contribution in [0.5, 0.6) is 5.75 Å². The molecular weight excluding hydrogens is 486 g/mol. The second-order valence-electron chi connectivity index (χ2n) is 10.9. The van der Waals surface area contributed by atoms with Crippen molar-refractivity contribution < 1.29 is 24.2 Å². The van der Waals surface area contributed by atoms with Crippen LogP contribution in [0.4, 0.5) is 0 Å². The number of carbonyl (C=O) groups excluding carboxylic acids is 2. The lowest BCUT2D eigenvalue weighted by Gasteiger charge is -2.48. The molecular formula is C26H30BrNO5. The molecule has 6 nitrogen and oxygen atoms in total. The molecule has 4 rings (SSSR count). The minimum Gasteiger partial charge on any atom is -0.496 e. The molecule has 0 atom stereocenters. The van der Waals surface area contributed by atoms with E-state index in [9.17, 15) is 19.5 Å². The van der Waals surface area contributed by atoms with E-state index in [0.29, 0.717) is 42.6 Å². The fourth-order valence-electron chi connectivity index (χ4n) is 5.62. The third kappa shape index (κ3) is 4.27. The van der Waals surface area contributed by atoms with E-state index in [1.165, 1.54) is 0 Å². The van der Waals surface area contributed by atoms with Gasteiger partial charge in [0.2, 0.25) is 0 Å². The topological polar surface area (TPSA) is 83.9 Å². The molecule has 1 aromatic carbocycles. The maximum Gasteiger partial charge on any atom is 0.323 e. The number of hydrogen-bond donors (Lipinski definition) is 1. The van der Waals surface area contributed by atoms with E-state index in [4.69, 9.17) is 4.74 Å². The number of benzene rings is 1. The molecule has 7 heteroatoms. The molecule has 2 aliphatic carbocycles. The lowest BCUT2D eigenvalue weighted by Crippen LogP contribution is -2.45. The number of carbonyl (C=O) groups is 3. The summed E-state index contributed by atoms with van der Waals surface area (Å²) in [6.45, 7) is 7.85. The van der Waals surface area contributed by atoms with Crippen molar-refractivity contribution in [2.75, 3.05) is 13.7 Å². The van der Waals surface area contributed by atoms with E-state index >= 15 is 0 Å². The fourth-order valence-corrected chi connectivity index (χ4v) is 5.99. The number of methoxy groups -OCH3 is 1. The van der Waals surface area contributed by atoms with Gasteiger partial charge in [-0.2, -0.15) is 0 Å². The predicted molar refractivity (Wildman–Crippen MR) is 128 cm³/mol. The van der Waals surface area contributed by atoms with Crippen molar-refractivity contribution in [3.8, 4) is 5.75 Å². The Morgan fingerprint density at radius 2 is 1.55 bits per heavy atom. The van der Waals surface area contributed by atoms with Crippen LogP contribution < -0.4 is 4.74 Å². The number of carboxylic acid groups (broad SMARTS) is 1. The molecule has 0 unspecified atom stereocenters. The Bertz CT molecular complexity index is 1070. The molecule has 0 amide bonds. The summed E-state index contributed by atoms with van der Waals surface area (Å²) in [6.07, 6.45) is 1.84. The molecule has 176 valence electrons. The molecule has 3 aliphatic rings. The molecule has 33 heavy (non-hydrogen) atoms. The number of allylic oxidation sites excluding steroid dienone is 4. The van der Waals surface area contributed by atoms with E-state index in [0.717, 1.165) is 21.4 Å². The second-order valence-corrected chi connectivity index (χ2v) is 11.8. The molecule has 0 aromatic heterocycles. The van der Waals surface area contributed by atoms with E-state index in [2.05, 4.69) is 15.9 Å². The van der Waals surface area contributed by atoms with Gasteiger partial charge in [-0.05, 0) is 41.9 Å². The predicted octanol–water partition coefficient (Wildman–Crippen LogP) is 5.23. The smallest absolute Gasteiger partial charge is 0.323 e. The summed E-state index contributed by atoms with van der Waals surface area (Å²) in [5.74, 6) is -1.02. The number of carboxylic acids is 1. The molecule has 1 N–H and O–H groups in total. The SMILES string of the molecule is COc1ccc(Br)cc1C1C2=C(CC(C)(C)CC2=O)N(CC(=O)O)C2=C1C(=O)CC(C)(C)C2. The molecule has 0 fully saturated rings. The van der Waals surface area contributed by atoms with Crippen LogP contribution in [0.3, 0.4) is 0 Å². The highest BCUT2D eigenvalue weighted by atomic mass is 79.9. The third-order valence-electron chi connectivity index (χ3n) is 6.82. The Morgan fingerprint density at radius 1 is 1.03 bits per heavy atom. The zero-order valence-electron chi connectivity index (χ0n) is 19.8. The highest BCUT2D eigenvalue weighted by Gasteiger charge is 2.49. The Labute approximate surface area is 202 Å². The van der Waals surface area contributed by atoms with Gasteiger partial charge in [-0.3, -0.25) is 14.4 Å². The first-order valence-electron chi connectivity index (χ1n) is 11.2. The maximum absolute atomic E-state index is 13.6. The first-order valence-corrected chi connectivity index (χ1v) is 12.0. The van der Waals surface area contributed by atoms with Gasteiger partial charge in [0.05, 0.1) is 7.11 Å². The maximum atomic E-state index is 13.6. The van der Waals surface area contributed by atoms with Crippen LogP contribution in [0.25, 0.3) is 0 Å². The lowest BCUT2D eigenvalue weighted by atomic mass is 9.63. The summed E-state index contributed by atoms with van der Waals surface area (Å²) in [5.41, 5.74) is 2.70. The van der Waals surface area contributed by atoms with Crippen molar-refractivity contribution in [1.29, 1.82) is 0 Å². The van der Waals surface area contributed by atoms with E-state index in [1.54, 1.807) is 12.0 Å². The number of rotatable bonds is 4. The number of hydrogen-bond acceptors (Lipinski definition) is 5. The Morgan fingerprint density at radius 3 is 2.00 bits per heavy atom. The largest absolute Gasteiger partial charge is 0.496 e. The Balaban J connectivity index is 2.06. The average Bonchev–Trinajstić information content (AvgIpc) is 2.67. The molecule has 0 saturated heterocycles. The number of Topliss-reactive ketones (excluding diaryl/α,β-unsaturated/α-hetero) is 2. The van der Waals surface area contributed by atoms with Crippen molar-refractivity contribution >= 4 is 33.5 Å². The summed E-state index contributed by atoms with van der Waals surface area (Å²) >= 11 is 3.53. The van der Waals surface area contributed by atoms with Gasteiger partial charge in [0, 0.05) is 51.3 Å². The monoisotopic (exact) mass is 515 g/mol. The lowest BCUT2D eigenvalue weighted by molar-refractivity contribution is -0.138. The highest BCUT2D eigenvalue weighted by Crippen LogP contribution is 2.55. The number of ketones is 2.